The molecule has 0 aliphatic carbocycles. The summed E-state index contributed by atoms with van der Waals surface area (Å²) in [5, 5.41) is 11.8. The molecule has 0 bridgehead atoms. The number of carbonyl (C=O) groups is 2. The van der Waals surface area contributed by atoms with Crippen LogP contribution in [0.3, 0.4) is 0 Å². The van der Waals surface area contributed by atoms with Gasteiger partial charge in [-0.25, -0.2) is 9.18 Å². The van der Waals surface area contributed by atoms with E-state index < -0.39 is 23.7 Å². The Kier molecular flexibility index (Phi) is 5.11. The summed E-state index contributed by atoms with van der Waals surface area (Å²) in [6.07, 6.45) is 0.175. The molecule has 0 aliphatic heterocycles. The summed E-state index contributed by atoms with van der Waals surface area (Å²) in [4.78, 5) is 23.6. The van der Waals surface area contributed by atoms with Gasteiger partial charge in [0.15, 0.2) is 0 Å². The van der Waals surface area contributed by atoms with Crippen molar-refractivity contribution >= 4 is 11.9 Å². The van der Waals surface area contributed by atoms with Crippen LogP contribution in [0.2, 0.25) is 0 Å². The van der Waals surface area contributed by atoms with Crippen LogP contribution in [0.25, 0.3) is 0 Å². The lowest BCUT2D eigenvalue weighted by molar-refractivity contribution is -0.139. The van der Waals surface area contributed by atoms with Crippen LogP contribution in [-0.2, 0) is 11.2 Å². The first-order chi connectivity index (χ1) is 10.9. The number of aliphatic carboxylic acids is 1. The van der Waals surface area contributed by atoms with Crippen molar-refractivity contribution in [3.05, 3.63) is 70.5 Å². The molecule has 2 aromatic rings. The number of hydrogen-bond acceptors (Lipinski definition) is 2. The molecule has 0 aliphatic rings. The van der Waals surface area contributed by atoms with Crippen LogP contribution < -0.4 is 5.32 Å². The number of amides is 1. The Labute approximate surface area is 134 Å². The molecular formula is C18H18FNO3. The zero-order valence-corrected chi connectivity index (χ0v) is 13.0. The van der Waals surface area contributed by atoms with Crippen molar-refractivity contribution in [1.29, 1.82) is 0 Å². The van der Waals surface area contributed by atoms with E-state index in [1.165, 1.54) is 18.2 Å². The van der Waals surface area contributed by atoms with Crippen molar-refractivity contribution in [2.24, 2.45) is 0 Å². The lowest BCUT2D eigenvalue weighted by atomic mass is 9.96. The molecule has 0 fully saturated rings. The summed E-state index contributed by atoms with van der Waals surface area (Å²) in [6, 6.07) is 9.77. The lowest BCUT2D eigenvalue weighted by Crippen LogP contribution is -2.42. The summed E-state index contributed by atoms with van der Waals surface area (Å²) in [5.74, 6) is -2.28. The molecule has 2 rings (SSSR count). The number of hydrogen-bond donors (Lipinski definition) is 2. The van der Waals surface area contributed by atoms with Gasteiger partial charge >= 0.3 is 5.97 Å². The zero-order chi connectivity index (χ0) is 17.0. The Hall–Kier alpha value is -2.69. The molecule has 0 unspecified atom stereocenters. The van der Waals surface area contributed by atoms with Crippen molar-refractivity contribution in [3.8, 4) is 0 Å². The van der Waals surface area contributed by atoms with E-state index in [1.54, 1.807) is 0 Å². The van der Waals surface area contributed by atoms with Crippen LogP contribution in [0.4, 0.5) is 4.39 Å². The highest BCUT2D eigenvalue weighted by molar-refractivity contribution is 5.96. The lowest BCUT2D eigenvalue weighted by Gasteiger charge is -2.17. The molecule has 0 spiro atoms. The van der Waals surface area contributed by atoms with Crippen LogP contribution in [-0.4, -0.2) is 23.0 Å². The molecule has 2 aromatic carbocycles. The Morgan fingerprint density at radius 2 is 1.74 bits per heavy atom. The van der Waals surface area contributed by atoms with E-state index in [2.05, 4.69) is 5.32 Å². The Bertz CT molecular complexity index is 723. The molecule has 23 heavy (non-hydrogen) atoms. The molecule has 0 heterocycles. The number of carbonyl (C=O) groups excluding carboxylic acids is 1. The van der Waals surface area contributed by atoms with Crippen molar-refractivity contribution in [2.75, 3.05) is 0 Å². The summed E-state index contributed by atoms with van der Waals surface area (Å²) in [5.41, 5.74) is 2.92. The fraction of sp³-hybridized carbons (Fsp3) is 0.222. The van der Waals surface area contributed by atoms with E-state index in [-0.39, 0.29) is 12.0 Å². The molecule has 0 radical (unpaired) electrons. The first-order valence-corrected chi connectivity index (χ1v) is 7.23. The van der Waals surface area contributed by atoms with Gasteiger partial charge < -0.3 is 10.4 Å². The van der Waals surface area contributed by atoms with Crippen LogP contribution in [0.15, 0.2) is 42.5 Å². The van der Waals surface area contributed by atoms with Gasteiger partial charge in [0.1, 0.15) is 11.9 Å². The fourth-order valence-corrected chi connectivity index (χ4v) is 2.45. The van der Waals surface area contributed by atoms with Crippen LogP contribution >= 0.6 is 0 Å². The smallest absolute Gasteiger partial charge is 0.326 e. The van der Waals surface area contributed by atoms with Crippen molar-refractivity contribution in [1.82, 2.24) is 5.32 Å². The summed E-state index contributed by atoms with van der Waals surface area (Å²) >= 11 is 0. The van der Waals surface area contributed by atoms with Crippen molar-refractivity contribution in [3.63, 3.8) is 0 Å². The third kappa shape index (κ3) is 4.16. The molecule has 120 valence electrons. The van der Waals surface area contributed by atoms with E-state index >= 15 is 0 Å². The number of rotatable bonds is 5. The molecule has 5 heteroatoms. The maximum Gasteiger partial charge on any atom is 0.326 e. The highest BCUT2D eigenvalue weighted by atomic mass is 19.1. The van der Waals surface area contributed by atoms with Gasteiger partial charge in [0.05, 0.1) is 0 Å². The minimum atomic E-state index is -1.13. The molecule has 2 N–H and O–H groups in total. The Balaban J connectivity index is 2.19. The first kappa shape index (κ1) is 16.7. The zero-order valence-electron chi connectivity index (χ0n) is 13.0. The third-order valence-corrected chi connectivity index (χ3v) is 3.74. The molecule has 1 atom stereocenters. The minimum absolute atomic E-state index is 0.0951. The quantitative estimate of drug-likeness (QED) is 0.891. The van der Waals surface area contributed by atoms with Gasteiger partial charge in [-0.2, -0.15) is 0 Å². The summed E-state index contributed by atoms with van der Waals surface area (Å²) in [7, 11) is 0. The van der Waals surface area contributed by atoms with E-state index in [9.17, 15) is 19.1 Å². The maximum atomic E-state index is 13.2. The second-order valence-electron chi connectivity index (χ2n) is 5.45. The van der Waals surface area contributed by atoms with E-state index in [0.717, 1.165) is 22.8 Å². The van der Waals surface area contributed by atoms with Crippen LogP contribution in [0.1, 0.15) is 27.0 Å². The van der Waals surface area contributed by atoms with E-state index in [4.69, 9.17) is 0 Å². The second-order valence-corrected chi connectivity index (χ2v) is 5.45. The normalized spacial score (nSPS) is 11.8. The first-order valence-electron chi connectivity index (χ1n) is 7.23. The minimum Gasteiger partial charge on any atom is -0.480 e. The van der Waals surface area contributed by atoms with Gasteiger partial charge in [-0.1, -0.05) is 24.3 Å². The number of halogens is 1. The van der Waals surface area contributed by atoms with E-state index in [0.29, 0.717) is 0 Å². The van der Waals surface area contributed by atoms with Crippen LogP contribution in [0, 0.1) is 19.7 Å². The molecule has 4 nitrogen and oxygen atoms in total. The van der Waals surface area contributed by atoms with Gasteiger partial charge in [-0.05, 0) is 48.7 Å². The van der Waals surface area contributed by atoms with Gasteiger partial charge in [0.25, 0.3) is 5.91 Å². The summed E-state index contributed by atoms with van der Waals surface area (Å²) < 4.78 is 13.2. The standard InChI is InChI=1S/C18H18FNO3/c1-11-5-3-6-12(2)15(11)10-16(18(22)23)20-17(21)13-7-4-8-14(19)9-13/h3-9,16H,10H2,1-2H3,(H,20,21)(H,22,23)/t16-/m0/s1. The fourth-order valence-electron chi connectivity index (χ4n) is 2.45. The van der Waals surface area contributed by atoms with Gasteiger partial charge in [0, 0.05) is 12.0 Å². The van der Waals surface area contributed by atoms with E-state index in [1.807, 2.05) is 32.0 Å². The molecular weight excluding hydrogens is 297 g/mol. The average molecular weight is 315 g/mol. The average Bonchev–Trinajstić information content (AvgIpc) is 2.49. The number of carboxylic acid groups (broad SMARTS) is 1. The highest BCUT2D eigenvalue weighted by Gasteiger charge is 2.22. The van der Waals surface area contributed by atoms with Crippen molar-refractivity contribution < 1.29 is 19.1 Å². The SMILES string of the molecule is Cc1cccc(C)c1C[C@H](NC(=O)c1cccc(F)c1)C(=O)O. The predicted octanol–water partition coefficient (Wildman–Crippen LogP) is 2.87. The maximum absolute atomic E-state index is 13.2. The van der Waals surface area contributed by atoms with Crippen LogP contribution in [0.5, 0.6) is 0 Å². The molecule has 0 saturated carbocycles. The topological polar surface area (TPSA) is 66.4 Å². The Morgan fingerprint density at radius 3 is 2.30 bits per heavy atom. The molecule has 1 amide bonds. The number of aryl methyl sites for hydroxylation is 2. The summed E-state index contributed by atoms with van der Waals surface area (Å²) in [6.45, 7) is 3.80. The second kappa shape index (κ2) is 7.05. The van der Waals surface area contributed by atoms with Gasteiger partial charge in [-0.3, -0.25) is 4.79 Å². The monoisotopic (exact) mass is 315 g/mol. The van der Waals surface area contributed by atoms with Gasteiger partial charge in [0.2, 0.25) is 0 Å². The molecule has 0 aromatic heterocycles. The molecule has 0 saturated heterocycles. The van der Waals surface area contributed by atoms with Crippen molar-refractivity contribution in [2.45, 2.75) is 26.3 Å². The predicted molar refractivity (Wildman–Crippen MR) is 84.9 cm³/mol. The largest absolute Gasteiger partial charge is 0.480 e. The number of carboxylic acids is 1. The highest BCUT2D eigenvalue weighted by Crippen LogP contribution is 2.16. The van der Waals surface area contributed by atoms with Gasteiger partial charge in [-0.15, -0.1) is 0 Å². The number of nitrogens with one attached hydrogen (secondary N) is 1. The third-order valence-electron chi connectivity index (χ3n) is 3.74. The number of benzene rings is 2. The Morgan fingerprint density at radius 1 is 1.13 bits per heavy atom.